The van der Waals surface area contributed by atoms with Crippen molar-refractivity contribution in [2.45, 2.75) is 6.92 Å². The molecule has 18 heavy (non-hydrogen) atoms. The summed E-state index contributed by atoms with van der Waals surface area (Å²) in [6.45, 7) is 1.66. The molecule has 0 aliphatic carbocycles. The van der Waals surface area contributed by atoms with Crippen LogP contribution in [0.1, 0.15) is 11.4 Å². The second-order valence-corrected chi connectivity index (χ2v) is 4.03. The van der Waals surface area contributed by atoms with Crippen LogP contribution in [-0.2, 0) is 0 Å². The van der Waals surface area contributed by atoms with Gasteiger partial charge < -0.3 is 0 Å². The molecule has 0 aliphatic rings. The van der Waals surface area contributed by atoms with Crippen molar-refractivity contribution in [2.24, 2.45) is 0 Å². The van der Waals surface area contributed by atoms with E-state index in [4.69, 9.17) is 16.9 Å². The number of aryl methyl sites for hydroxylation is 1. The maximum absolute atomic E-state index is 13.1. The summed E-state index contributed by atoms with van der Waals surface area (Å²) in [4.78, 5) is 11.4. The predicted octanol–water partition coefficient (Wildman–Crippen LogP) is 2.21. The molecule has 2 aromatic rings. The first-order chi connectivity index (χ1) is 8.52. The van der Waals surface area contributed by atoms with E-state index in [-0.39, 0.29) is 10.7 Å². The van der Waals surface area contributed by atoms with Gasteiger partial charge >= 0.3 is 0 Å². The Bertz CT molecular complexity index is 718. The van der Waals surface area contributed by atoms with Gasteiger partial charge in [-0.3, -0.25) is 4.79 Å². The zero-order valence-electron chi connectivity index (χ0n) is 9.32. The van der Waals surface area contributed by atoms with Crippen LogP contribution in [0.3, 0.4) is 0 Å². The Morgan fingerprint density at radius 1 is 1.44 bits per heavy atom. The summed E-state index contributed by atoms with van der Waals surface area (Å²) in [6.07, 6.45) is 0. The molecule has 2 rings (SSSR count). The third kappa shape index (κ3) is 2.11. The minimum atomic E-state index is -0.542. The molecule has 6 heteroatoms. The monoisotopic (exact) mass is 263 g/mol. The topological polar surface area (TPSA) is 58.7 Å². The Morgan fingerprint density at radius 2 is 2.17 bits per heavy atom. The number of rotatable bonds is 1. The maximum atomic E-state index is 13.1. The Labute approximate surface area is 107 Å². The van der Waals surface area contributed by atoms with E-state index in [1.165, 1.54) is 28.9 Å². The van der Waals surface area contributed by atoms with Gasteiger partial charge in [0.2, 0.25) is 11.1 Å². The molecule has 1 heterocycles. The minimum absolute atomic E-state index is 0.0501. The highest BCUT2D eigenvalue weighted by atomic mass is 35.5. The minimum Gasteiger partial charge on any atom is -0.287 e. The summed E-state index contributed by atoms with van der Waals surface area (Å²) >= 11 is 5.68. The van der Waals surface area contributed by atoms with Crippen molar-refractivity contribution in [2.75, 3.05) is 0 Å². The molecule has 0 fully saturated rings. The van der Waals surface area contributed by atoms with E-state index in [1.54, 1.807) is 13.0 Å². The first kappa shape index (κ1) is 12.3. The summed E-state index contributed by atoms with van der Waals surface area (Å²) < 4.78 is 14.4. The number of hydrogen-bond acceptors (Lipinski definition) is 3. The van der Waals surface area contributed by atoms with Crippen LogP contribution in [0.25, 0.3) is 5.69 Å². The smallest absolute Gasteiger partial charge is 0.218 e. The molecule has 4 nitrogen and oxygen atoms in total. The lowest BCUT2D eigenvalue weighted by molar-refractivity contribution is 0.627. The third-order valence-corrected chi connectivity index (χ3v) is 2.65. The van der Waals surface area contributed by atoms with E-state index < -0.39 is 11.2 Å². The fourth-order valence-corrected chi connectivity index (χ4v) is 1.68. The number of nitriles is 1. The highest BCUT2D eigenvalue weighted by Gasteiger charge is 2.08. The number of halogens is 2. The van der Waals surface area contributed by atoms with E-state index in [0.29, 0.717) is 11.4 Å². The molecular formula is C12H7ClFN3O. The number of benzene rings is 1. The van der Waals surface area contributed by atoms with Gasteiger partial charge in [-0.2, -0.15) is 10.4 Å². The first-order valence-corrected chi connectivity index (χ1v) is 5.37. The largest absolute Gasteiger partial charge is 0.287 e. The first-order valence-electron chi connectivity index (χ1n) is 4.99. The van der Waals surface area contributed by atoms with Crippen LogP contribution in [0, 0.1) is 24.1 Å². The van der Waals surface area contributed by atoms with Crippen molar-refractivity contribution in [3.05, 3.63) is 56.7 Å². The van der Waals surface area contributed by atoms with Crippen LogP contribution in [0.15, 0.2) is 29.1 Å². The highest BCUT2D eigenvalue weighted by molar-refractivity contribution is 6.30. The molecule has 0 spiro atoms. The molecule has 0 unspecified atom stereocenters. The molecule has 1 aromatic heterocycles. The Hall–Kier alpha value is -2.19. The maximum Gasteiger partial charge on any atom is 0.218 e. The fraction of sp³-hybridized carbons (Fsp3) is 0.0833. The highest BCUT2D eigenvalue weighted by Crippen LogP contribution is 2.18. The second-order valence-electron chi connectivity index (χ2n) is 3.62. The zero-order chi connectivity index (χ0) is 13.3. The van der Waals surface area contributed by atoms with Gasteiger partial charge in [0.1, 0.15) is 11.9 Å². The van der Waals surface area contributed by atoms with E-state index in [1.807, 2.05) is 0 Å². The van der Waals surface area contributed by atoms with Gasteiger partial charge in [-0.15, -0.1) is 0 Å². The van der Waals surface area contributed by atoms with Crippen LogP contribution in [-0.4, -0.2) is 9.78 Å². The molecule has 0 saturated carbocycles. The Kier molecular flexibility index (Phi) is 3.13. The average molecular weight is 264 g/mol. The lowest BCUT2D eigenvalue weighted by atomic mass is 10.3. The van der Waals surface area contributed by atoms with Gasteiger partial charge in [0, 0.05) is 11.8 Å². The predicted molar refractivity (Wildman–Crippen MR) is 64.3 cm³/mol. The molecule has 1 aromatic carbocycles. The number of nitrogens with zero attached hydrogens (tertiary/aromatic N) is 3. The summed E-state index contributed by atoms with van der Waals surface area (Å²) in [7, 11) is 0. The van der Waals surface area contributed by atoms with Gasteiger partial charge in [-0.1, -0.05) is 11.6 Å². The normalized spacial score (nSPS) is 10.1. The standard InChI is InChI=1S/C12H7ClFN3O/c1-7-4-12(18)11(6-15)16-17(7)8-2-3-10(14)9(13)5-8/h2-5H,1H3. The lowest BCUT2D eigenvalue weighted by Gasteiger charge is -2.09. The van der Waals surface area contributed by atoms with Crippen LogP contribution in [0.4, 0.5) is 4.39 Å². The van der Waals surface area contributed by atoms with Crippen molar-refractivity contribution in [3.63, 3.8) is 0 Å². The Balaban J connectivity index is 2.67. The molecule has 0 bridgehead atoms. The van der Waals surface area contributed by atoms with Crippen molar-refractivity contribution < 1.29 is 4.39 Å². The van der Waals surface area contributed by atoms with Crippen LogP contribution >= 0.6 is 11.6 Å². The Morgan fingerprint density at radius 3 is 2.78 bits per heavy atom. The van der Waals surface area contributed by atoms with Gasteiger partial charge in [0.05, 0.1) is 10.7 Å². The molecular weight excluding hydrogens is 257 g/mol. The van der Waals surface area contributed by atoms with Gasteiger partial charge in [-0.25, -0.2) is 9.07 Å². The van der Waals surface area contributed by atoms with E-state index >= 15 is 0 Å². The molecule has 0 radical (unpaired) electrons. The van der Waals surface area contributed by atoms with Crippen molar-refractivity contribution in [1.82, 2.24) is 9.78 Å². The van der Waals surface area contributed by atoms with Gasteiger partial charge in [0.15, 0.2) is 0 Å². The van der Waals surface area contributed by atoms with E-state index in [0.717, 1.165) is 0 Å². The summed E-state index contributed by atoms with van der Waals surface area (Å²) in [5.74, 6) is -0.542. The fourth-order valence-electron chi connectivity index (χ4n) is 1.50. The second kappa shape index (κ2) is 4.59. The number of hydrogen-bond donors (Lipinski definition) is 0. The van der Waals surface area contributed by atoms with Crippen molar-refractivity contribution in [3.8, 4) is 11.8 Å². The molecule has 0 N–H and O–H groups in total. The summed E-state index contributed by atoms with van der Waals surface area (Å²) in [5, 5.41) is 12.6. The van der Waals surface area contributed by atoms with Crippen LogP contribution < -0.4 is 5.43 Å². The van der Waals surface area contributed by atoms with Gasteiger partial charge in [-0.05, 0) is 25.1 Å². The third-order valence-electron chi connectivity index (χ3n) is 2.36. The molecule has 0 saturated heterocycles. The molecule has 0 aliphatic heterocycles. The van der Waals surface area contributed by atoms with Crippen molar-refractivity contribution in [1.29, 1.82) is 5.26 Å². The van der Waals surface area contributed by atoms with Crippen LogP contribution in [0.2, 0.25) is 5.02 Å². The molecule has 0 atom stereocenters. The molecule has 0 amide bonds. The SMILES string of the molecule is Cc1cc(=O)c(C#N)nn1-c1ccc(F)c(Cl)c1. The number of aromatic nitrogens is 2. The zero-order valence-corrected chi connectivity index (χ0v) is 10.1. The summed E-state index contributed by atoms with van der Waals surface area (Å²) in [6, 6.07) is 7.04. The van der Waals surface area contributed by atoms with Gasteiger partial charge in [0.25, 0.3) is 0 Å². The molecule has 90 valence electrons. The van der Waals surface area contributed by atoms with Crippen LogP contribution in [0.5, 0.6) is 0 Å². The summed E-state index contributed by atoms with van der Waals surface area (Å²) in [5.41, 5.74) is 0.345. The quantitative estimate of drug-likeness (QED) is 0.792. The van der Waals surface area contributed by atoms with E-state index in [2.05, 4.69) is 5.10 Å². The van der Waals surface area contributed by atoms with E-state index in [9.17, 15) is 9.18 Å². The van der Waals surface area contributed by atoms with Crippen molar-refractivity contribution >= 4 is 11.6 Å². The lowest BCUT2D eigenvalue weighted by Crippen LogP contribution is -2.16. The average Bonchev–Trinajstić information content (AvgIpc) is 2.33.